The number of amides is 1. The minimum atomic E-state index is -0.124. The Kier molecular flexibility index (Phi) is 3.98. The number of rotatable bonds is 5. The van der Waals surface area contributed by atoms with Crippen LogP contribution in [0.15, 0.2) is 29.4 Å². The second-order valence-electron chi connectivity index (χ2n) is 3.90. The SMILES string of the molecule is O=C(CO/N=C/c1ccc(Cl)cc1)NC1CC1. The van der Waals surface area contributed by atoms with Gasteiger partial charge < -0.3 is 10.2 Å². The summed E-state index contributed by atoms with van der Waals surface area (Å²) in [6.07, 6.45) is 3.68. The topological polar surface area (TPSA) is 50.7 Å². The number of carbonyl (C=O) groups is 1. The summed E-state index contributed by atoms with van der Waals surface area (Å²) in [4.78, 5) is 16.1. The van der Waals surface area contributed by atoms with E-state index in [1.807, 2.05) is 12.1 Å². The summed E-state index contributed by atoms with van der Waals surface area (Å²) in [6.45, 7) is -0.0411. The van der Waals surface area contributed by atoms with E-state index in [0.717, 1.165) is 18.4 Å². The number of carbonyl (C=O) groups excluding carboxylic acids is 1. The molecule has 0 unspecified atom stereocenters. The molecule has 0 bridgehead atoms. The molecule has 1 amide bonds. The maximum atomic E-state index is 11.2. The molecular formula is C12H13ClN2O2. The van der Waals surface area contributed by atoms with Gasteiger partial charge in [0.25, 0.3) is 5.91 Å². The van der Waals surface area contributed by atoms with Gasteiger partial charge in [0.1, 0.15) is 0 Å². The molecule has 0 saturated heterocycles. The first-order valence-electron chi connectivity index (χ1n) is 5.44. The van der Waals surface area contributed by atoms with Crippen molar-refractivity contribution >= 4 is 23.7 Å². The summed E-state index contributed by atoms with van der Waals surface area (Å²) < 4.78 is 0. The van der Waals surface area contributed by atoms with Crippen LogP contribution >= 0.6 is 11.6 Å². The molecule has 0 atom stereocenters. The molecule has 0 heterocycles. The average Bonchev–Trinajstić information content (AvgIpc) is 3.11. The molecule has 0 spiro atoms. The zero-order valence-electron chi connectivity index (χ0n) is 9.23. The van der Waals surface area contributed by atoms with Crippen molar-refractivity contribution in [2.24, 2.45) is 5.16 Å². The van der Waals surface area contributed by atoms with Gasteiger partial charge in [0.15, 0.2) is 6.61 Å². The first-order valence-corrected chi connectivity index (χ1v) is 5.82. The lowest BCUT2D eigenvalue weighted by atomic mass is 10.2. The lowest BCUT2D eigenvalue weighted by Gasteiger charge is -2.00. The number of hydrogen-bond donors (Lipinski definition) is 1. The van der Waals surface area contributed by atoms with Gasteiger partial charge in [-0.3, -0.25) is 4.79 Å². The molecule has 1 saturated carbocycles. The molecule has 90 valence electrons. The van der Waals surface area contributed by atoms with Crippen molar-refractivity contribution in [3.05, 3.63) is 34.9 Å². The van der Waals surface area contributed by atoms with Crippen LogP contribution in [0.5, 0.6) is 0 Å². The van der Waals surface area contributed by atoms with Crippen molar-refractivity contribution in [3.63, 3.8) is 0 Å². The monoisotopic (exact) mass is 252 g/mol. The number of hydrogen-bond acceptors (Lipinski definition) is 3. The molecule has 1 aliphatic carbocycles. The summed E-state index contributed by atoms with van der Waals surface area (Å²) in [5, 5.41) is 7.19. The molecule has 1 aromatic carbocycles. The van der Waals surface area contributed by atoms with Gasteiger partial charge >= 0.3 is 0 Å². The van der Waals surface area contributed by atoms with Crippen molar-refractivity contribution < 1.29 is 9.63 Å². The summed E-state index contributed by atoms with van der Waals surface area (Å²) >= 11 is 5.74. The largest absolute Gasteiger partial charge is 0.386 e. The number of halogens is 1. The Bertz CT molecular complexity index is 413. The molecule has 1 aliphatic rings. The molecule has 0 aromatic heterocycles. The van der Waals surface area contributed by atoms with E-state index in [4.69, 9.17) is 16.4 Å². The Morgan fingerprint density at radius 1 is 1.47 bits per heavy atom. The Labute approximate surface area is 105 Å². The molecule has 17 heavy (non-hydrogen) atoms. The summed E-state index contributed by atoms with van der Waals surface area (Å²) in [5.41, 5.74) is 0.872. The summed E-state index contributed by atoms with van der Waals surface area (Å²) in [7, 11) is 0. The van der Waals surface area contributed by atoms with E-state index in [9.17, 15) is 4.79 Å². The number of benzene rings is 1. The number of nitrogens with one attached hydrogen (secondary N) is 1. The molecule has 5 heteroatoms. The minimum absolute atomic E-state index is 0.0411. The van der Waals surface area contributed by atoms with Crippen LogP contribution in [0, 0.1) is 0 Å². The third-order valence-electron chi connectivity index (χ3n) is 2.28. The molecule has 1 aromatic rings. The lowest BCUT2D eigenvalue weighted by molar-refractivity contribution is -0.125. The highest BCUT2D eigenvalue weighted by Gasteiger charge is 2.23. The predicted molar refractivity (Wildman–Crippen MR) is 66.2 cm³/mol. The van der Waals surface area contributed by atoms with Gasteiger partial charge in [-0.05, 0) is 30.5 Å². The van der Waals surface area contributed by atoms with Crippen LogP contribution in [0.25, 0.3) is 0 Å². The van der Waals surface area contributed by atoms with Crippen molar-refractivity contribution in [2.45, 2.75) is 18.9 Å². The summed E-state index contributed by atoms with van der Waals surface area (Å²) in [6, 6.07) is 7.52. The molecule has 4 nitrogen and oxygen atoms in total. The minimum Gasteiger partial charge on any atom is -0.386 e. The van der Waals surface area contributed by atoms with Gasteiger partial charge in [-0.1, -0.05) is 28.9 Å². The highest BCUT2D eigenvalue weighted by Crippen LogP contribution is 2.18. The second-order valence-corrected chi connectivity index (χ2v) is 4.34. The third-order valence-corrected chi connectivity index (χ3v) is 2.54. The zero-order chi connectivity index (χ0) is 12.1. The van der Waals surface area contributed by atoms with Gasteiger partial charge in [-0.2, -0.15) is 0 Å². The van der Waals surface area contributed by atoms with Crippen LogP contribution in [0.3, 0.4) is 0 Å². The summed E-state index contributed by atoms with van der Waals surface area (Å²) in [5.74, 6) is -0.124. The normalized spacial score (nSPS) is 14.9. The lowest BCUT2D eigenvalue weighted by Crippen LogP contribution is -2.28. The average molecular weight is 253 g/mol. The molecule has 0 aliphatic heterocycles. The van der Waals surface area contributed by atoms with Crippen LogP contribution in [0.4, 0.5) is 0 Å². The zero-order valence-corrected chi connectivity index (χ0v) is 9.98. The van der Waals surface area contributed by atoms with Crippen molar-refractivity contribution in [2.75, 3.05) is 6.61 Å². The van der Waals surface area contributed by atoms with Crippen LogP contribution in [-0.4, -0.2) is 24.8 Å². The van der Waals surface area contributed by atoms with Crippen LogP contribution in [0.1, 0.15) is 18.4 Å². The molecule has 0 radical (unpaired) electrons. The van der Waals surface area contributed by atoms with Gasteiger partial charge in [-0.25, -0.2) is 0 Å². The van der Waals surface area contributed by atoms with E-state index in [0.29, 0.717) is 11.1 Å². The predicted octanol–water partition coefficient (Wildman–Crippen LogP) is 1.97. The van der Waals surface area contributed by atoms with Crippen molar-refractivity contribution in [3.8, 4) is 0 Å². The first kappa shape index (κ1) is 11.9. The maximum Gasteiger partial charge on any atom is 0.260 e. The van der Waals surface area contributed by atoms with E-state index in [2.05, 4.69) is 10.5 Å². The van der Waals surface area contributed by atoms with E-state index < -0.39 is 0 Å². The molecule has 1 fully saturated rings. The van der Waals surface area contributed by atoms with Crippen LogP contribution < -0.4 is 5.32 Å². The number of nitrogens with zero attached hydrogens (tertiary/aromatic N) is 1. The molecule has 1 N–H and O–H groups in total. The molecular weight excluding hydrogens is 240 g/mol. The van der Waals surface area contributed by atoms with Gasteiger partial charge in [0.2, 0.25) is 0 Å². The number of oxime groups is 1. The standard InChI is InChI=1S/C12H13ClN2O2/c13-10-3-1-9(2-4-10)7-14-17-8-12(16)15-11-5-6-11/h1-4,7,11H,5-6,8H2,(H,15,16)/b14-7+. The Morgan fingerprint density at radius 3 is 2.82 bits per heavy atom. The fourth-order valence-corrected chi connectivity index (χ4v) is 1.37. The second kappa shape index (κ2) is 5.68. The fraction of sp³-hybridized carbons (Fsp3) is 0.333. The van der Waals surface area contributed by atoms with Gasteiger partial charge in [0, 0.05) is 11.1 Å². The van der Waals surface area contributed by atoms with Crippen LogP contribution in [0.2, 0.25) is 5.02 Å². The van der Waals surface area contributed by atoms with E-state index >= 15 is 0 Å². The highest BCUT2D eigenvalue weighted by atomic mass is 35.5. The fourth-order valence-electron chi connectivity index (χ4n) is 1.24. The Balaban J connectivity index is 1.69. The Hall–Kier alpha value is -1.55. The Morgan fingerprint density at radius 2 is 2.18 bits per heavy atom. The highest BCUT2D eigenvalue weighted by molar-refractivity contribution is 6.30. The molecule has 2 rings (SSSR count). The van der Waals surface area contributed by atoms with E-state index in [1.54, 1.807) is 18.3 Å². The van der Waals surface area contributed by atoms with E-state index in [-0.39, 0.29) is 12.5 Å². The maximum absolute atomic E-state index is 11.2. The van der Waals surface area contributed by atoms with Gasteiger partial charge in [-0.15, -0.1) is 0 Å². The van der Waals surface area contributed by atoms with Crippen LogP contribution in [-0.2, 0) is 9.63 Å². The smallest absolute Gasteiger partial charge is 0.260 e. The van der Waals surface area contributed by atoms with E-state index in [1.165, 1.54) is 0 Å². The first-order chi connectivity index (χ1) is 8.24. The quantitative estimate of drug-likeness (QED) is 0.643. The third kappa shape index (κ3) is 4.44. The van der Waals surface area contributed by atoms with Crippen molar-refractivity contribution in [1.29, 1.82) is 0 Å². The van der Waals surface area contributed by atoms with Crippen molar-refractivity contribution in [1.82, 2.24) is 5.32 Å². The van der Waals surface area contributed by atoms with Gasteiger partial charge in [0.05, 0.1) is 6.21 Å².